The molecule has 4 rings (SSSR count). The predicted molar refractivity (Wildman–Crippen MR) is 143 cm³/mol. The molecule has 9 heteroatoms. The summed E-state index contributed by atoms with van der Waals surface area (Å²) in [5.41, 5.74) is 2.56. The molecule has 6 nitrogen and oxygen atoms in total. The summed E-state index contributed by atoms with van der Waals surface area (Å²) in [5, 5.41) is 0.734. The summed E-state index contributed by atoms with van der Waals surface area (Å²) < 4.78 is 17.0. The number of imide groups is 1. The first kappa shape index (κ1) is 25.9. The molecule has 3 aromatic rings. The van der Waals surface area contributed by atoms with E-state index in [1.165, 1.54) is 12.0 Å². The van der Waals surface area contributed by atoms with Crippen molar-refractivity contribution in [1.82, 2.24) is 4.90 Å². The molecule has 0 atom stereocenters. The third kappa shape index (κ3) is 6.35. The van der Waals surface area contributed by atoms with E-state index < -0.39 is 0 Å². The van der Waals surface area contributed by atoms with E-state index in [1.807, 2.05) is 31.2 Å². The summed E-state index contributed by atoms with van der Waals surface area (Å²) >= 11 is 13.1. The lowest BCUT2D eigenvalue weighted by molar-refractivity contribution is -0.123. The van der Waals surface area contributed by atoms with E-state index in [0.717, 1.165) is 22.9 Å². The maximum Gasteiger partial charge on any atom is 0.293 e. The molecule has 0 bridgehead atoms. The normalized spacial score (nSPS) is 14.4. The summed E-state index contributed by atoms with van der Waals surface area (Å²) in [5.74, 6) is 1.35. The molecule has 1 aliphatic heterocycles. The van der Waals surface area contributed by atoms with Gasteiger partial charge in [0.25, 0.3) is 11.1 Å². The van der Waals surface area contributed by atoms with Crippen molar-refractivity contribution in [3.63, 3.8) is 0 Å². The second kappa shape index (κ2) is 11.7. The number of aryl methyl sites for hydroxylation is 1. The minimum atomic E-state index is -0.352. The minimum absolute atomic E-state index is 0.166. The molecule has 36 heavy (non-hydrogen) atoms. The molecule has 3 aromatic carbocycles. The Morgan fingerprint density at radius 1 is 0.972 bits per heavy atom. The smallest absolute Gasteiger partial charge is 0.293 e. The molecule has 0 aliphatic carbocycles. The van der Waals surface area contributed by atoms with E-state index in [-0.39, 0.29) is 30.9 Å². The van der Waals surface area contributed by atoms with Gasteiger partial charge in [0.05, 0.1) is 18.6 Å². The first-order chi connectivity index (χ1) is 17.3. The summed E-state index contributed by atoms with van der Waals surface area (Å²) in [6.07, 6.45) is 1.66. The molecule has 186 valence electrons. The van der Waals surface area contributed by atoms with Crippen molar-refractivity contribution in [3.8, 4) is 17.2 Å². The van der Waals surface area contributed by atoms with Crippen molar-refractivity contribution in [2.45, 2.75) is 13.5 Å². The monoisotopic (exact) mass is 543 g/mol. The highest BCUT2D eigenvalue weighted by molar-refractivity contribution is 8.18. The van der Waals surface area contributed by atoms with Gasteiger partial charge in [-0.15, -0.1) is 0 Å². The van der Waals surface area contributed by atoms with Crippen LogP contribution in [0.5, 0.6) is 17.2 Å². The Bertz CT molecular complexity index is 1330. The molecule has 0 unspecified atom stereocenters. The van der Waals surface area contributed by atoms with Gasteiger partial charge in [-0.25, -0.2) is 0 Å². The predicted octanol–water partition coefficient (Wildman–Crippen LogP) is 7.00. The van der Waals surface area contributed by atoms with Crippen LogP contribution in [-0.2, 0) is 11.4 Å². The molecule has 1 saturated heterocycles. The zero-order chi connectivity index (χ0) is 25.7. The minimum Gasteiger partial charge on any atom is -0.493 e. The van der Waals surface area contributed by atoms with Gasteiger partial charge in [0.1, 0.15) is 19.0 Å². The molecule has 1 fully saturated rings. The zero-order valence-corrected chi connectivity index (χ0v) is 22.0. The van der Waals surface area contributed by atoms with Crippen molar-refractivity contribution >= 4 is 52.2 Å². The van der Waals surface area contributed by atoms with Crippen LogP contribution in [0.4, 0.5) is 4.79 Å². The number of thioether (sulfide) groups is 1. The van der Waals surface area contributed by atoms with Crippen LogP contribution < -0.4 is 14.2 Å². The van der Waals surface area contributed by atoms with E-state index in [9.17, 15) is 9.59 Å². The van der Waals surface area contributed by atoms with Crippen LogP contribution in [0.2, 0.25) is 10.0 Å². The number of hydrogen-bond donors (Lipinski definition) is 0. The summed E-state index contributed by atoms with van der Waals surface area (Å²) in [6, 6.07) is 18.1. The number of halogens is 2. The Hall–Kier alpha value is -3.13. The summed E-state index contributed by atoms with van der Waals surface area (Å²) in [4.78, 5) is 26.8. The second-order valence-electron chi connectivity index (χ2n) is 7.93. The quantitative estimate of drug-likeness (QED) is 0.270. The number of carbonyl (C=O) groups excluding carboxylic acids is 2. The zero-order valence-electron chi connectivity index (χ0n) is 19.6. The maximum atomic E-state index is 12.8. The Labute approximate surface area is 223 Å². The molecule has 0 spiro atoms. The van der Waals surface area contributed by atoms with Gasteiger partial charge in [-0.05, 0) is 72.3 Å². The number of ether oxygens (including phenoxy) is 3. The van der Waals surface area contributed by atoms with Gasteiger partial charge in [-0.3, -0.25) is 14.5 Å². The molecular formula is C27H23Cl2NO5S. The molecule has 0 radical (unpaired) electrons. The van der Waals surface area contributed by atoms with Gasteiger partial charge in [-0.2, -0.15) is 0 Å². The Kier molecular flexibility index (Phi) is 8.46. The molecule has 0 saturated carbocycles. The molecular weight excluding hydrogens is 521 g/mol. The SMILES string of the molecule is COc1cc(/C=C2\SC(=O)N(CCOc3cccc(C)c3)C2=O)ccc1OCc1ccc(Cl)cc1Cl. The molecule has 0 N–H and O–H groups in total. The van der Waals surface area contributed by atoms with E-state index in [2.05, 4.69) is 0 Å². The number of benzene rings is 3. The fourth-order valence-electron chi connectivity index (χ4n) is 3.49. The van der Waals surface area contributed by atoms with Gasteiger partial charge in [0.15, 0.2) is 11.5 Å². The number of nitrogens with zero attached hydrogens (tertiary/aromatic N) is 1. The Morgan fingerprint density at radius 2 is 1.81 bits per heavy atom. The van der Waals surface area contributed by atoms with Crippen molar-refractivity contribution in [3.05, 3.63) is 92.3 Å². The third-order valence-corrected chi connectivity index (χ3v) is 6.82. The first-order valence-electron chi connectivity index (χ1n) is 11.0. The average molecular weight is 544 g/mol. The standard InChI is InChI=1S/C27H23Cl2NO5S/c1-17-4-3-5-21(12-17)34-11-10-30-26(31)25(36-27(30)32)14-18-6-9-23(24(13-18)33-2)35-16-19-7-8-20(28)15-22(19)29/h3-9,12-15H,10-11,16H2,1-2H3/b25-14-. The van der Waals surface area contributed by atoms with Crippen LogP contribution in [0.15, 0.2) is 65.6 Å². The number of methoxy groups -OCH3 is 1. The third-order valence-electron chi connectivity index (χ3n) is 5.33. The number of carbonyl (C=O) groups is 2. The number of amides is 2. The van der Waals surface area contributed by atoms with Crippen molar-refractivity contribution in [2.24, 2.45) is 0 Å². The lowest BCUT2D eigenvalue weighted by atomic mass is 10.1. The van der Waals surface area contributed by atoms with Gasteiger partial charge in [0, 0.05) is 15.6 Å². The molecule has 1 heterocycles. The number of rotatable bonds is 9. The van der Waals surface area contributed by atoms with Crippen LogP contribution in [0.3, 0.4) is 0 Å². The maximum absolute atomic E-state index is 12.8. The highest BCUT2D eigenvalue weighted by atomic mass is 35.5. The average Bonchev–Trinajstić information content (AvgIpc) is 3.11. The van der Waals surface area contributed by atoms with Crippen molar-refractivity contribution in [1.29, 1.82) is 0 Å². The largest absolute Gasteiger partial charge is 0.493 e. The van der Waals surface area contributed by atoms with Crippen LogP contribution in [0, 0.1) is 6.92 Å². The second-order valence-corrected chi connectivity index (χ2v) is 9.77. The summed E-state index contributed by atoms with van der Waals surface area (Å²) in [6.45, 7) is 2.58. The fourth-order valence-corrected chi connectivity index (χ4v) is 4.82. The van der Waals surface area contributed by atoms with E-state index in [1.54, 1.807) is 42.5 Å². The van der Waals surface area contributed by atoms with Crippen LogP contribution >= 0.6 is 35.0 Å². The molecule has 1 aliphatic rings. The van der Waals surface area contributed by atoms with E-state index in [0.29, 0.717) is 37.8 Å². The van der Waals surface area contributed by atoms with Gasteiger partial charge < -0.3 is 14.2 Å². The van der Waals surface area contributed by atoms with Crippen LogP contribution in [0.25, 0.3) is 6.08 Å². The van der Waals surface area contributed by atoms with Crippen LogP contribution in [-0.4, -0.2) is 36.3 Å². The lowest BCUT2D eigenvalue weighted by Gasteiger charge is -2.13. The lowest BCUT2D eigenvalue weighted by Crippen LogP contribution is -2.32. The highest BCUT2D eigenvalue weighted by Crippen LogP contribution is 2.35. The van der Waals surface area contributed by atoms with Gasteiger partial charge >= 0.3 is 0 Å². The summed E-state index contributed by atoms with van der Waals surface area (Å²) in [7, 11) is 1.53. The van der Waals surface area contributed by atoms with E-state index >= 15 is 0 Å². The van der Waals surface area contributed by atoms with Gasteiger partial charge in [-0.1, -0.05) is 47.5 Å². The molecule has 2 amide bonds. The molecule has 0 aromatic heterocycles. The van der Waals surface area contributed by atoms with Gasteiger partial charge in [0.2, 0.25) is 0 Å². The Morgan fingerprint density at radius 3 is 2.56 bits per heavy atom. The van der Waals surface area contributed by atoms with E-state index in [4.69, 9.17) is 37.4 Å². The van der Waals surface area contributed by atoms with Crippen molar-refractivity contribution in [2.75, 3.05) is 20.3 Å². The Balaban J connectivity index is 1.40. The first-order valence-corrected chi connectivity index (χ1v) is 12.6. The van der Waals surface area contributed by atoms with Crippen molar-refractivity contribution < 1.29 is 23.8 Å². The van der Waals surface area contributed by atoms with Crippen LogP contribution in [0.1, 0.15) is 16.7 Å². The topological polar surface area (TPSA) is 65.1 Å². The number of hydrogen-bond acceptors (Lipinski definition) is 6. The highest BCUT2D eigenvalue weighted by Gasteiger charge is 2.34. The fraction of sp³-hybridized carbons (Fsp3) is 0.185.